The van der Waals surface area contributed by atoms with Crippen LogP contribution in [-0.4, -0.2) is 65.2 Å². The number of aliphatic hydroxyl groups is 1. The molecule has 6 atom stereocenters. The Balaban J connectivity index is 1.74. The van der Waals surface area contributed by atoms with Crippen molar-refractivity contribution in [1.82, 2.24) is 15.3 Å². The van der Waals surface area contributed by atoms with Crippen LogP contribution in [0.3, 0.4) is 0 Å². The summed E-state index contributed by atoms with van der Waals surface area (Å²) in [5.41, 5.74) is -2.49. The summed E-state index contributed by atoms with van der Waals surface area (Å²) < 4.78 is 38.7. The monoisotopic (exact) mass is 571 g/mol. The van der Waals surface area contributed by atoms with Crippen LogP contribution < -0.4 is 14.9 Å². The maximum atomic E-state index is 15.7. The molecule has 3 rings (SSSR count). The lowest BCUT2D eigenvalue weighted by molar-refractivity contribution is -0.148. The highest BCUT2D eigenvalue weighted by molar-refractivity contribution is 8.09. The van der Waals surface area contributed by atoms with Crippen LogP contribution >= 0.6 is 6.64 Å². The number of hydrogen-bond donors (Lipinski definition) is 3. The smallest absolute Gasteiger partial charge is 0.323 e. The average molecular weight is 572 g/mol. The molecule has 1 amide bonds. The van der Waals surface area contributed by atoms with E-state index in [-0.39, 0.29) is 24.4 Å². The SMILES string of the molecule is C=C1NC(=O)C=CN1[C@@H]1O[C@H](COP(=S)(NC(C)C(=O)OCC(C)(C)C)Oc2ccccc2)C(O)C1(C)F. The summed E-state index contributed by atoms with van der Waals surface area (Å²) in [5, 5.41) is 16.1. The highest BCUT2D eigenvalue weighted by atomic mass is 32.5. The zero-order valence-electron chi connectivity index (χ0n) is 22.0. The van der Waals surface area contributed by atoms with Gasteiger partial charge in [-0.3, -0.25) is 9.59 Å². The third-order valence-electron chi connectivity index (χ3n) is 5.67. The second-order valence-electron chi connectivity index (χ2n) is 10.5. The number of amides is 1. The highest BCUT2D eigenvalue weighted by Crippen LogP contribution is 2.47. The minimum absolute atomic E-state index is 0.0990. The van der Waals surface area contributed by atoms with Crippen LogP contribution in [0, 0.1) is 5.41 Å². The second kappa shape index (κ2) is 11.8. The number of hydrogen-bond acceptors (Lipinski definition) is 9. The number of aliphatic hydroxyl groups excluding tert-OH is 1. The molecule has 10 nitrogen and oxygen atoms in total. The molecule has 0 aliphatic carbocycles. The quantitative estimate of drug-likeness (QED) is 0.286. The fraction of sp³-hybridized carbons (Fsp3) is 0.520. The first-order chi connectivity index (χ1) is 17.6. The van der Waals surface area contributed by atoms with Gasteiger partial charge in [-0.15, -0.1) is 0 Å². The summed E-state index contributed by atoms with van der Waals surface area (Å²) in [6.07, 6.45) is -1.54. The molecule has 1 saturated heterocycles. The number of nitrogens with one attached hydrogen (secondary N) is 2. The van der Waals surface area contributed by atoms with E-state index in [9.17, 15) is 14.7 Å². The maximum Gasteiger partial charge on any atom is 0.323 e. The minimum atomic E-state index is -3.44. The first-order valence-electron chi connectivity index (χ1n) is 12.0. The van der Waals surface area contributed by atoms with E-state index in [1.165, 1.54) is 24.1 Å². The van der Waals surface area contributed by atoms with Gasteiger partial charge in [-0.25, -0.2) is 9.48 Å². The summed E-state index contributed by atoms with van der Waals surface area (Å²) in [6.45, 7) is 8.69. The summed E-state index contributed by atoms with van der Waals surface area (Å²) >= 11 is 5.69. The van der Waals surface area contributed by atoms with E-state index in [1.807, 2.05) is 20.8 Å². The van der Waals surface area contributed by atoms with Crippen LogP contribution in [0.15, 0.2) is 55.0 Å². The number of halogens is 1. The number of esters is 1. The topological polar surface area (TPSA) is 119 Å². The lowest BCUT2D eigenvalue weighted by atomic mass is 9.98. The molecular formula is C25H35FN3O7PS. The van der Waals surface area contributed by atoms with Crippen LogP contribution in [0.2, 0.25) is 0 Å². The molecule has 210 valence electrons. The molecule has 0 bridgehead atoms. The number of ether oxygens (including phenoxy) is 2. The molecule has 0 aromatic heterocycles. The molecule has 13 heteroatoms. The third-order valence-corrected chi connectivity index (χ3v) is 8.17. The predicted octanol–water partition coefficient (Wildman–Crippen LogP) is 3.10. The van der Waals surface area contributed by atoms with Gasteiger partial charge in [-0.2, -0.15) is 0 Å². The van der Waals surface area contributed by atoms with Crippen molar-refractivity contribution < 1.29 is 37.6 Å². The number of carbonyl (C=O) groups is 2. The number of para-hydroxylation sites is 1. The van der Waals surface area contributed by atoms with Crippen LogP contribution in [0.25, 0.3) is 0 Å². The Bertz CT molecular complexity index is 1110. The second-order valence-corrected chi connectivity index (χ2v) is 13.6. The first-order valence-corrected chi connectivity index (χ1v) is 14.7. The summed E-state index contributed by atoms with van der Waals surface area (Å²) in [4.78, 5) is 25.4. The summed E-state index contributed by atoms with van der Waals surface area (Å²) in [5.74, 6) is -0.460. The number of nitrogens with zero attached hydrogens (tertiary/aromatic N) is 1. The Morgan fingerprint density at radius 2 is 2.05 bits per heavy atom. The minimum Gasteiger partial charge on any atom is -0.464 e. The van der Waals surface area contributed by atoms with Crippen LogP contribution in [-0.2, 0) is 35.4 Å². The molecule has 2 heterocycles. The lowest BCUT2D eigenvalue weighted by Crippen LogP contribution is -2.51. The molecule has 0 spiro atoms. The third kappa shape index (κ3) is 7.62. The maximum absolute atomic E-state index is 15.7. The van der Waals surface area contributed by atoms with Gasteiger partial charge in [0, 0.05) is 12.3 Å². The fourth-order valence-corrected chi connectivity index (χ4v) is 6.06. The molecule has 38 heavy (non-hydrogen) atoms. The first kappa shape index (κ1) is 30.2. The van der Waals surface area contributed by atoms with Gasteiger partial charge in [-0.05, 0) is 43.2 Å². The van der Waals surface area contributed by atoms with Gasteiger partial charge in [0.2, 0.25) is 0 Å². The van der Waals surface area contributed by atoms with Crippen molar-refractivity contribution in [3.63, 3.8) is 0 Å². The molecule has 1 aromatic carbocycles. The van der Waals surface area contributed by atoms with E-state index in [1.54, 1.807) is 37.3 Å². The van der Waals surface area contributed by atoms with Crippen molar-refractivity contribution in [1.29, 1.82) is 0 Å². The van der Waals surface area contributed by atoms with Crippen molar-refractivity contribution in [2.75, 3.05) is 13.2 Å². The van der Waals surface area contributed by atoms with Gasteiger partial charge >= 0.3 is 12.6 Å². The Hall–Kier alpha value is -2.34. The van der Waals surface area contributed by atoms with E-state index in [0.717, 1.165) is 0 Å². The van der Waals surface area contributed by atoms with Gasteiger partial charge in [0.1, 0.15) is 29.8 Å². The van der Waals surface area contributed by atoms with Gasteiger partial charge in [0.15, 0.2) is 11.9 Å². The molecule has 2 aliphatic heterocycles. The Kier molecular flexibility index (Phi) is 9.39. The van der Waals surface area contributed by atoms with Gasteiger partial charge in [0.05, 0.1) is 13.2 Å². The van der Waals surface area contributed by atoms with Crippen molar-refractivity contribution in [3.8, 4) is 5.75 Å². The number of benzene rings is 1. The number of rotatable bonds is 10. The predicted molar refractivity (Wildman–Crippen MR) is 143 cm³/mol. The largest absolute Gasteiger partial charge is 0.464 e. The van der Waals surface area contributed by atoms with E-state index < -0.39 is 48.7 Å². The zero-order valence-corrected chi connectivity index (χ0v) is 23.8. The van der Waals surface area contributed by atoms with Crippen molar-refractivity contribution in [2.45, 2.75) is 64.8 Å². The molecular weight excluding hydrogens is 536 g/mol. The van der Waals surface area contributed by atoms with Crippen LogP contribution in [0.4, 0.5) is 4.39 Å². The van der Waals surface area contributed by atoms with E-state index in [4.69, 9.17) is 30.3 Å². The molecule has 2 aliphatic rings. The Labute approximate surface area is 227 Å². The lowest BCUT2D eigenvalue weighted by Gasteiger charge is -2.35. The molecule has 1 fully saturated rings. The number of alkyl halides is 1. The van der Waals surface area contributed by atoms with Crippen molar-refractivity contribution >= 4 is 30.3 Å². The van der Waals surface area contributed by atoms with Gasteiger partial charge < -0.3 is 33.8 Å². The Morgan fingerprint density at radius 3 is 2.66 bits per heavy atom. The fourth-order valence-electron chi connectivity index (χ4n) is 3.64. The standard InChI is InChI=1S/C25H35FN3O7PS/c1-16(22(32)33-15-24(3,4)5)28-37(38,36-18-10-8-7-9-11-18)34-14-19-21(31)25(6,26)23(35-19)29-13-12-20(30)27-17(29)2/h7-13,16,19,21,23,31H,2,14-15H2,1,3-6H3,(H,27,30)(H,28,38)/t16?,19-,21?,23-,25?,37?/m1/s1. The normalized spacial score (nSPS) is 28.0. The average Bonchev–Trinajstić information content (AvgIpc) is 3.04. The van der Waals surface area contributed by atoms with Crippen molar-refractivity contribution in [2.24, 2.45) is 5.41 Å². The van der Waals surface area contributed by atoms with Crippen LogP contribution in [0.5, 0.6) is 5.75 Å². The summed E-state index contributed by atoms with van der Waals surface area (Å²) in [7, 11) is 0. The molecule has 0 radical (unpaired) electrons. The van der Waals surface area contributed by atoms with Gasteiger partial charge in [-0.1, -0.05) is 45.5 Å². The Morgan fingerprint density at radius 1 is 1.39 bits per heavy atom. The molecule has 1 aromatic rings. The molecule has 4 unspecified atom stereocenters. The van der Waals surface area contributed by atoms with E-state index >= 15 is 4.39 Å². The zero-order chi connectivity index (χ0) is 28.3. The molecule has 0 saturated carbocycles. The highest BCUT2D eigenvalue weighted by Gasteiger charge is 2.57. The van der Waals surface area contributed by atoms with Gasteiger partial charge in [0.25, 0.3) is 5.91 Å². The summed E-state index contributed by atoms with van der Waals surface area (Å²) in [6, 6.07) is 7.76. The van der Waals surface area contributed by atoms with Crippen LogP contribution in [0.1, 0.15) is 34.6 Å². The van der Waals surface area contributed by atoms with Crippen molar-refractivity contribution in [3.05, 3.63) is 55.0 Å². The molecule has 3 N–H and O–H groups in total. The van der Waals surface area contributed by atoms with E-state index in [2.05, 4.69) is 17.0 Å². The van der Waals surface area contributed by atoms with E-state index in [0.29, 0.717) is 5.75 Å². The number of carbonyl (C=O) groups excluding carboxylic acids is 2.